The Morgan fingerprint density at radius 3 is 2.52 bits per heavy atom. The van der Waals surface area contributed by atoms with Crippen molar-refractivity contribution in [3.05, 3.63) is 54.4 Å². The molecule has 1 aromatic carbocycles. The molecule has 1 fully saturated rings. The maximum Gasteiger partial charge on any atom is 0.410 e. The molecule has 0 aliphatic carbocycles. The molecule has 1 saturated heterocycles. The molecule has 1 unspecified atom stereocenters. The third kappa shape index (κ3) is 6.12. The Bertz CT molecular complexity index is 884. The first-order valence-electron chi connectivity index (χ1n) is 11.2. The molecular weight excluding hydrogens is 390 g/mol. The van der Waals surface area contributed by atoms with Gasteiger partial charge in [-0.3, -0.25) is 4.79 Å². The van der Waals surface area contributed by atoms with E-state index in [0.717, 1.165) is 25.1 Å². The van der Waals surface area contributed by atoms with Crippen LogP contribution in [0.15, 0.2) is 48.8 Å². The zero-order valence-corrected chi connectivity index (χ0v) is 19.4. The Hall–Kier alpha value is -2.76. The van der Waals surface area contributed by atoms with Gasteiger partial charge in [0, 0.05) is 49.3 Å². The number of rotatable bonds is 5. The summed E-state index contributed by atoms with van der Waals surface area (Å²) in [6.45, 7) is 11.6. The summed E-state index contributed by atoms with van der Waals surface area (Å²) >= 11 is 0. The van der Waals surface area contributed by atoms with Crippen molar-refractivity contribution < 1.29 is 14.3 Å². The van der Waals surface area contributed by atoms with Gasteiger partial charge in [-0.05, 0) is 83.7 Å². The van der Waals surface area contributed by atoms with Crippen molar-refractivity contribution >= 4 is 12.0 Å². The van der Waals surface area contributed by atoms with Crippen LogP contribution in [0.3, 0.4) is 0 Å². The lowest BCUT2D eigenvalue weighted by molar-refractivity contribution is 0.0124. The van der Waals surface area contributed by atoms with Gasteiger partial charge in [-0.2, -0.15) is 0 Å². The van der Waals surface area contributed by atoms with E-state index in [1.165, 1.54) is 0 Å². The molecule has 2 amide bonds. The highest BCUT2D eigenvalue weighted by Crippen LogP contribution is 2.23. The van der Waals surface area contributed by atoms with Crippen LogP contribution < -0.4 is 0 Å². The second-order valence-corrected chi connectivity index (χ2v) is 9.63. The maximum absolute atomic E-state index is 13.2. The number of ether oxygens (including phenoxy) is 1. The summed E-state index contributed by atoms with van der Waals surface area (Å²) < 4.78 is 7.60. The van der Waals surface area contributed by atoms with E-state index in [2.05, 4.69) is 0 Å². The van der Waals surface area contributed by atoms with Gasteiger partial charge in [0.05, 0.1) is 0 Å². The fraction of sp³-hybridized carbons (Fsp3) is 0.520. The summed E-state index contributed by atoms with van der Waals surface area (Å²) in [6, 6.07) is 11.7. The van der Waals surface area contributed by atoms with Gasteiger partial charge in [-0.15, -0.1) is 0 Å². The molecule has 2 heterocycles. The van der Waals surface area contributed by atoms with Crippen molar-refractivity contribution in [2.75, 3.05) is 19.6 Å². The summed E-state index contributed by atoms with van der Waals surface area (Å²) in [6.07, 6.45) is 5.59. The van der Waals surface area contributed by atoms with Gasteiger partial charge < -0.3 is 19.1 Å². The van der Waals surface area contributed by atoms with Crippen molar-refractivity contribution in [3.63, 3.8) is 0 Å². The molecule has 0 spiro atoms. The molecule has 0 saturated carbocycles. The Morgan fingerprint density at radius 2 is 1.87 bits per heavy atom. The largest absolute Gasteiger partial charge is 0.444 e. The molecule has 1 aromatic heterocycles. The average Bonchev–Trinajstić information content (AvgIpc) is 3.25. The minimum atomic E-state index is -0.524. The minimum absolute atomic E-state index is 0.0409. The predicted molar refractivity (Wildman–Crippen MR) is 122 cm³/mol. The lowest BCUT2D eigenvalue weighted by Gasteiger charge is -2.37. The number of amides is 2. The van der Waals surface area contributed by atoms with E-state index in [-0.39, 0.29) is 24.0 Å². The van der Waals surface area contributed by atoms with Crippen molar-refractivity contribution in [2.24, 2.45) is 5.92 Å². The third-order valence-corrected chi connectivity index (χ3v) is 5.51. The predicted octanol–water partition coefficient (Wildman–Crippen LogP) is 4.98. The minimum Gasteiger partial charge on any atom is -0.444 e. The van der Waals surface area contributed by atoms with Crippen LogP contribution in [0.4, 0.5) is 4.79 Å². The average molecular weight is 426 g/mol. The molecule has 6 heteroatoms. The normalized spacial score (nSPS) is 17.0. The van der Waals surface area contributed by atoms with Gasteiger partial charge in [0.1, 0.15) is 5.60 Å². The fourth-order valence-electron chi connectivity index (χ4n) is 3.98. The summed E-state index contributed by atoms with van der Waals surface area (Å²) in [7, 11) is 0. The number of likely N-dealkylation sites (tertiary alicyclic amines) is 1. The van der Waals surface area contributed by atoms with Gasteiger partial charge in [0.25, 0.3) is 5.91 Å². The number of aromatic nitrogens is 1. The van der Waals surface area contributed by atoms with Gasteiger partial charge in [-0.25, -0.2) is 4.79 Å². The summed E-state index contributed by atoms with van der Waals surface area (Å²) in [5.41, 5.74) is 1.14. The second kappa shape index (κ2) is 9.58. The van der Waals surface area contributed by atoms with Crippen LogP contribution in [0, 0.1) is 5.92 Å². The Labute approximate surface area is 185 Å². The lowest BCUT2D eigenvalue weighted by Crippen LogP contribution is -2.48. The Balaban J connectivity index is 1.67. The molecule has 6 nitrogen and oxygen atoms in total. The summed E-state index contributed by atoms with van der Waals surface area (Å²) in [4.78, 5) is 29.6. The second-order valence-electron chi connectivity index (χ2n) is 9.63. The number of piperidine rings is 1. The Morgan fingerprint density at radius 1 is 1.16 bits per heavy atom. The number of nitrogens with zero attached hydrogens (tertiary/aromatic N) is 3. The molecule has 3 rings (SSSR count). The molecule has 1 aliphatic heterocycles. The molecule has 168 valence electrons. The quantitative estimate of drug-likeness (QED) is 0.679. The van der Waals surface area contributed by atoms with Crippen LogP contribution in [0.5, 0.6) is 0 Å². The third-order valence-electron chi connectivity index (χ3n) is 5.51. The highest BCUT2D eigenvalue weighted by molar-refractivity contribution is 5.94. The van der Waals surface area contributed by atoms with Crippen LogP contribution >= 0.6 is 0 Å². The monoisotopic (exact) mass is 425 g/mol. The molecule has 2 aromatic rings. The van der Waals surface area contributed by atoms with Gasteiger partial charge in [0.2, 0.25) is 0 Å². The van der Waals surface area contributed by atoms with Crippen LogP contribution in [0.25, 0.3) is 5.69 Å². The lowest BCUT2D eigenvalue weighted by atomic mass is 9.96. The first-order chi connectivity index (χ1) is 14.6. The van der Waals surface area contributed by atoms with Gasteiger partial charge in [-0.1, -0.05) is 6.07 Å². The smallest absolute Gasteiger partial charge is 0.410 e. The Kier molecular flexibility index (Phi) is 7.08. The first kappa shape index (κ1) is 22.9. The molecular formula is C25H35N3O3. The molecule has 1 aliphatic rings. The van der Waals surface area contributed by atoms with E-state index in [1.807, 2.05) is 92.9 Å². The molecule has 0 N–H and O–H groups in total. The van der Waals surface area contributed by atoms with Gasteiger partial charge >= 0.3 is 6.09 Å². The van der Waals surface area contributed by atoms with E-state index in [9.17, 15) is 9.59 Å². The highest BCUT2D eigenvalue weighted by atomic mass is 16.6. The van der Waals surface area contributed by atoms with Crippen molar-refractivity contribution in [2.45, 2.75) is 59.1 Å². The number of carbonyl (C=O) groups is 2. The summed E-state index contributed by atoms with van der Waals surface area (Å²) in [5.74, 6) is 0.285. The van der Waals surface area contributed by atoms with E-state index in [1.54, 1.807) is 4.90 Å². The van der Waals surface area contributed by atoms with E-state index < -0.39 is 5.60 Å². The SMILES string of the molecule is CC(C)N(CC1CCCN(C(=O)c2cccc(-n3cccc3)c2)C1)C(=O)OC(C)(C)C. The van der Waals surface area contributed by atoms with E-state index in [0.29, 0.717) is 18.7 Å². The number of carbonyl (C=O) groups excluding carboxylic acids is 2. The molecule has 1 atom stereocenters. The zero-order valence-electron chi connectivity index (χ0n) is 19.4. The number of hydrogen-bond donors (Lipinski definition) is 0. The highest BCUT2D eigenvalue weighted by Gasteiger charge is 2.30. The van der Waals surface area contributed by atoms with Crippen LogP contribution in [0.1, 0.15) is 57.8 Å². The van der Waals surface area contributed by atoms with E-state index in [4.69, 9.17) is 4.74 Å². The van der Waals surface area contributed by atoms with Crippen LogP contribution in [-0.4, -0.2) is 57.6 Å². The molecule has 0 bridgehead atoms. The fourth-order valence-corrected chi connectivity index (χ4v) is 3.98. The topological polar surface area (TPSA) is 54.8 Å². The standard InChI is InChI=1S/C25H35N3O3/c1-19(2)28(24(30)31-25(3,4)5)18-20-10-9-15-27(17-20)23(29)21-11-8-12-22(16-21)26-13-6-7-14-26/h6-8,11-14,16,19-20H,9-10,15,17-18H2,1-5H3. The van der Waals surface area contributed by atoms with Crippen molar-refractivity contribution in [1.82, 2.24) is 14.4 Å². The van der Waals surface area contributed by atoms with Crippen LogP contribution in [0.2, 0.25) is 0 Å². The van der Waals surface area contributed by atoms with E-state index >= 15 is 0 Å². The van der Waals surface area contributed by atoms with Crippen molar-refractivity contribution in [1.29, 1.82) is 0 Å². The molecule has 0 radical (unpaired) electrons. The first-order valence-corrected chi connectivity index (χ1v) is 11.2. The van der Waals surface area contributed by atoms with Gasteiger partial charge in [0.15, 0.2) is 0 Å². The summed E-state index contributed by atoms with van der Waals surface area (Å²) in [5, 5.41) is 0. The zero-order chi connectivity index (χ0) is 22.6. The molecule has 31 heavy (non-hydrogen) atoms. The van der Waals surface area contributed by atoms with Crippen molar-refractivity contribution in [3.8, 4) is 5.69 Å². The number of hydrogen-bond acceptors (Lipinski definition) is 3. The number of benzene rings is 1. The maximum atomic E-state index is 13.2. The van der Waals surface area contributed by atoms with Crippen LogP contribution in [-0.2, 0) is 4.74 Å².